The van der Waals surface area contributed by atoms with Crippen molar-refractivity contribution in [3.05, 3.63) is 59.2 Å². The third kappa shape index (κ3) is 3.69. The molecule has 0 saturated heterocycles. The van der Waals surface area contributed by atoms with Crippen molar-refractivity contribution in [2.75, 3.05) is 23.4 Å². The van der Waals surface area contributed by atoms with E-state index in [1.807, 2.05) is 6.07 Å². The van der Waals surface area contributed by atoms with Crippen LogP contribution in [-0.2, 0) is 38.4 Å². The van der Waals surface area contributed by atoms with E-state index in [0.717, 1.165) is 24.8 Å². The minimum absolute atomic E-state index is 0.0851. The minimum Gasteiger partial charge on any atom is -0.455 e. The van der Waals surface area contributed by atoms with Gasteiger partial charge in [0.1, 0.15) is 6.54 Å². The van der Waals surface area contributed by atoms with Crippen LogP contribution in [0.3, 0.4) is 0 Å². The van der Waals surface area contributed by atoms with Gasteiger partial charge >= 0.3 is 5.97 Å². The summed E-state index contributed by atoms with van der Waals surface area (Å²) in [5.74, 6) is -1.14. The number of ether oxygens (including phenoxy) is 1. The van der Waals surface area contributed by atoms with Crippen LogP contribution in [0.25, 0.3) is 0 Å². The monoisotopic (exact) mass is 364 g/mol. The van der Waals surface area contributed by atoms with Crippen LogP contribution >= 0.6 is 0 Å². The highest BCUT2D eigenvalue weighted by atomic mass is 16.5. The lowest BCUT2D eigenvalue weighted by Crippen LogP contribution is -2.44. The molecule has 0 radical (unpaired) electrons. The van der Waals surface area contributed by atoms with E-state index < -0.39 is 11.9 Å². The number of aryl methyl sites for hydroxylation is 2. The Balaban J connectivity index is 1.36. The molecule has 138 valence electrons. The number of carbonyl (C=O) groups is 3. The van der Waals surface area contributed by atoms with E-state index in [1.165, 1.54) is 16.0 Å². The van der Waals surface area contributed by atoms with Crippen molar-refractivity contribution >= 4 is 29.2 Å². The number of rotatable bonds is 4. The standard InChI is InChI=1S/C21H20N2O4/c24-19-12-23(18-7-2-1-6-17(18)22-19)20(25)13-27-21(26)11-14-8-9-15-4-3-5-16(15)10-14/h1-2,6-10H,3-5,11-13H2,(H,22,24). The first-order chi connectivity index (χ1) is 13.1. The number of carbonyl (C=O) groups excluding carboxylic acids is 3. The third-order valence-electron chi connectivity index (χ3n) is 4.94. The van der Waals surface area contributed by atoms with Crippen molar-refractivity contribution in [3.63, 3.8) is 0 Å². The summed E-state index contributed by atoms with van der Waals surface area (Å²) in [6.07, 6.45) is 3.44. The number of hydrogen-bond acceptors (Lipinski definition) is 4. The molecular weight excluding hydrogens is 344 g/mol. The normalized spacial score (nSPS) is 15.0. The smallest absolute Gasteiger partial charge is 0.310 e. The van der Waals surface area contributed by atoms with Gasteiger partial charge in [0.25, 0.3) is 5.91 Å². The van der Waals surface area contributed by atoms with E-state index in [1.54, 1.807) is 24.3 Å². The number of para-hydroxylation sites is 2. The van der Waals surface area contributed by atoms with E-state index >= 15 is 0 Å². The second-order valence-electron chi connectivity index (χ2n) is 6.84. The summed E-state index contributed by atoms with van der Waals surface area (Å²) in [6, 6.07) is 13.1. The molecule has 0 fully saturated rings. The van der Waals surface area contributed by atoms with Gasteiger partial charge in [0.15, 0.2) is 6.61 Å². The fraction of sp³-hybridized carbons (Fsp3) is 0.286. The van der Waals surface area contributed by atoms with Crippen molar-refractivity contribution < 1.29 is 19.1 Å². The average molecular weight is 364 g/mol. The van der Waals surface area contributed by atoms with Crippen molar-refractivity contribution in [1.29, 1.82) is 0 Å². The molecular formula is C21H20N2O4. The molecule has 2 aliphatic rings. The zero-order chi connectivity index (χ0) is 18.8. The summed E-state index contributed by atoms with van der Waals surface area (Å²) in [5, 5.41) is 2.72. The van der Waals surface area contributed by atoms with Crippen LogP contribution in [-0.4, -0.2) is 30.9 Å². The molecule has 1 aliphatic heterocycles. The number of anilines is 2. The molecule has 0 aromatic heterocycles. The number of hydrogen-bond donors (Lipinski definition) is 1. The second-order valence-corrected chi connectivity index (χ2v) is 6.84. The fourth-order valence-electron chi connectivity index (χ4n) is 3.63. The SMILES string of the molecule is O=C1CN(C(=O)COC(=O)Cc2ccc3c(c2)CCC3)c2ccccc2N1. The molecule has 4 rings (SSSR count). The van der Waals surface area contributed by atoms with Gasteiger partial charge in [-0.25, -0.2) is 0 Å². The number of esters is 1. The summed E-state index contributed by atoms with van der Waals surface area (Å²) in [6.45, 7) is -0.469. The van der Waals surface area contributed by atoms with Gasteiger partial charge in [0.2, 0.25) is 5.91 Å². The van der Waals surface area contributed by atoms with Gasteiger partial charge in [0, 0.05) is 0 Å². The van der Waals surface area contributed by atoms with Gasteiger partial charge in [-0.15, -0.1) is 0 Å². The summed E-state index contributed by atoms with van der Waals surface area (Å²) in [5.41, 5.74) is 4.73. The molecule has 0 bridgehead atoms. The molecule has 0 spiro atoms. The Morgan fingerprint density at radius 2 is 1.89 bits per heavy atom. The second kappa shape index (κ2) is 7.23. The van der Waals surface area contributed by atoms with Crippen LogP contribution in [0, 0.1) is 0 Å². The summed E-state index contributed by atoms with van der Waals surface area (Å²) >= 11 is 0. The maximum atomic E-state index is 12.5. The predicted octanol–water partition coefficient (Wildman–Crippen LogP) is 2.25. The van der Waals surface area contributed by atoms with Crippen molar-refractivity contribution in [1.82, 2.24) is 0 Å². The zero-order valence-corrected chi connectivity index (χ0v) is 14.9. The lowest BCUT2D eigenvalue weighted by atomic mass is 10.0. The Labute approximate surface area is 157 Å². The van der Waals surface area contributed by atoms with Gasteiger partial charge in [-0.2, -0.15) is 0 Å². The first-order valence-electron chi connectivity index (χ1n) is 9.06. The predicted molar refractivity (Wildman–Crippen MR) is 101 cm³/mol. The maximum absolute atomic E-state index is 12.5. The Morgan fingerprint density at radius 1 is 1.07 bits per heavy atom. The van der Waals surface area contributed by atoms with Crippen LogP contribution in [0.1, 0.15) is 23.1 Å². The van der Waals surface area contributed by atoms with E-state index in [2.05, 4.69) is 17.4 Å². The van der Waals surface area contributed by atoms with Gasteiger partial charge in [-0.1, -0.05) is 30.3 Å². The molecule has 1 aliphatic carbocycles. The van der Waals surface area contributed by atoms with Crippen molar-refractivity contribution in [2.24, 2.45) is 0 Å². The van der Waals surface area contributed by atoms with E-state index in [-0.39, 0.29) is 25.5 Å². The summed E-state index contributed by atoms with van der Waals surface area (Å²) in [4.78, 5) is 37.8. The highest BCUT2D eigenvalue weighted by Crippen LogP contribution is 2.29. The average Bonchev–Trinajstić information content (AvgIpc) is 3.13. The zero-order valence-electron chi connectivity index (χ0n) is 14.9. The number of nitrogens with one attached hydrogen (secondary N) is 1. The van der Waals surface area contributed by atoms with E-state index in [4.69, 9.17) is 4.74 Å². The molecule has 2 aromatic carbocycles. The van der Waals surface area contributed by atoms with Gasteiger partial charge in [-0.05, 0) is 48.1 Å². The topological polar surface area (TPSA) is 75.7 Å². The molecule has 1 heterocycles. The molecule has 2 aromatic rings. The summed E-state index contributed by atoms with van der Waals surface area (Å²) < 4.78 is 5.17. The number of amides is 2. The van der Waals surface area contributed by atoms with Crippen LogP contribution in [0.2, 0.25) is 0 Å². The first-order valence-corrected chi connectivity index (χ1v) is 9.06. The van der Waals surface area contributed by atoms with Crippen LogP contribution in [0.5, 0.6) is 0 Å². The summed E-state index contributed by atoms with van der Waals surface area (Å²) in [7, 11) is 0. The molecule has 27 heavy (non-hydrogen) atoms. The number of nitrogens with zero attached hydrogens (tertiary/aromatic N) is 1. The lowest BCUT2D eigenvalue weighted by molar-refractivity contribution is -0.147. The Morgan fingerprint density at radius 3 is 2.78 bits per heavy atom. The molecule has 1 N–H and O–H groups in total. The fourth-order valence-corrected chi connectivity index (χ4v) is 3.63. The van der Waals surface area contributed by atoms with Crippen LogP contribution < -0.4 is 10.2 Å². The van der Waals surface area contributed by atoms with Gasteiger partial charge in [-0.3, -0.25) is 19.3 Å². The van der Waals surface area contributed by atoms with Crippen molar-refractivity contribution in [2.45, 2.75) is 25.7 Å². The van der Waals surface area contributed by atoms with Crippen LogP contribution in [0.4, 0.5) is 11.4 Å². The Hall–Kier alpha value is -3.15. The number of fused-ring (bicyclic) bond motifs is 2. The molecule has 6 nitrogen and oxygen atoms in total. The van der Waals surface area contributed by atoms with Gasteiger partial charge < -0.3 is 10.1 Å². The van der Waals surface area contributed by atoms with E-state index in [0.29, 0.717) is 11.4 Å². The third-order valence-corrected chi connectivity index (χ3v) is 4.94. The Bertz CT molecular complexity index is 922. The molecule has 0 atom stereocenters. The highest BCUT2D eigenvalue weighted by Gasteiger charge is 2.27. The van der Waals surface area contributed by atoms with Crippen LogP contribution in [0.15, 0.2) is 42.5 Å². The highest BCUT2D eigenvalue weighted by molar-refractivity contribution is 6.10. The van der Waals surface area contributed by atoms with Gasteiger partial charge in [0.05, 0.1) is 17.8 Å². The molecule has 6 heteroatoms. The number of benzene rings is 2. The molecule has 0 unspecified atom stereocenters. The molecule has 2 amide bonds. The maximum Gasteiger partial charge on any atom is 0.310 e. The minimum atomic E-state index is -0.448. The molecule has 0 saturated carbocycles. The van der Waals surface area contributed by atoms with Crippen molar-refractivity contribution in [3.8, 4) is 0 Å². The largest absolute Gasteiger partial charge is 0.455 e. The Kier molecular flexibility index (Phi) is 4.62. The quantitative estimate of drug-likeness (QED) is 0.845. The van der Waals surface area contributed by atoms with E-state index in [9.17, 15) is 14.4 Å². The lowest BCUT2D eigenvalue weighted by Gasteiger charge is -2.28. The first kappa shape index (κ1) is 17.3.